The molecule has 0 aliphatic carbocycles. The number of hydrogen-bond acceptors (Lipinski definition) is 4. The highest BCUT2D eigenvalue weighted by atomic mass is 32.1. The van der Waals surface area contributed by atoms with Crippen molar-refractivity contribution in [2.45, 2.75) is 38.8 Å². The van der Waals surface area contributed by atoms with E-state index in [-0.39, 0.29) is 5.91 Å². The molecular weight excluding hydrogens is 294 g/mol. The van der Waals surface area contributed by atoms with Crippen LogP contribution < -0.4 is 5.32 Å². The van der Waals surface area contributed by atoms with Crippen LogP contribution in [0.2, 0.25) is 0 Å². The molecule has 1 aliphatic heterocycles. The van der Waals surface area contributed by atoms with Crippen molar-refractivity contribution in [2.75, 3.05) is 11.9 Å². The maximum absolute atomic E-state index is 11.1. The number of likely N-dealkylation sites (tertiary alicyclic amines) is 1. The Balaban J connectivity index is 1.61. The summed E-state index contributed by atoms with van der Waals surface area (Å²) in [6.07, 6.45) is 3.60. The molecule has 1 amide bonds. The van der Waals surface area contributed by atoms with Gasteiger partial charge in [-0.2, -0.15) is 0 Å². The second-order valence-electron chi connectivity index (χ2n) is 5.78. The van der Waals surface area contributed by atoms with Gasteiger partial charge in [0, 0.05) is 24.9 Å². The number of nitrogens with one attached hydrogen (secondary N) is 1. The third-order valence-electron chi connectivity index (χ3n) is 4.01. The molecule has 1 N–H and O–H groups in total. The summed E-state index contributed by atoms with van der Waals surface area (Å²) in [7, 11) is 0. The molecule has 3 rings (SSSR count). The molecule has 0 saturated carbocycles. The van der Waals surface area contributed by atoms with Gasteiger partial charge < -0.3 is 5.32 Å². The highest BCUT2D eigenvalue weighted by Crippen LogP contribution is 2.24. The number of thiazole rings is 1. The Morgan fingerprint density at radius 2 is 2.23 bits per heavy atom. The predicted molar refractivity (Wildman–Crippen MR) is 90.0 cm³/mol. The molecule has 22 heavy (non-hydrogen) atoms. The molecule has 4 nitrogen and oxygen atoms in total. The van der Waals surface area contributed by atoms with E-state index in [1.165, 1.54) is 36.7 Å². The fourth-order valence-corrected chi connectivity index (χ4v) is 3.76. The Kier molecular flexibility index (Phi) is 4.85. The van der Waals surface area contributed by atoms with Crippen LogP contribution in [0.15, 0.2) is 35.7 Å². The number of carbonyl (C=O) groups is 1. The van der Waals surface area contributed by atoms with Crippen molar-refractivity contribution in [3.8, 4) is 0 Å². The van der Waals surface area contributed by atoms with Gasteiger partial charge in [0.15, 0.2) is 5.13 Å². The minimum absolute atomic E-state index is 0.0657. The second-order valence-corrected chi connectivity index (χ2v) is 6.64. The van der Waals surface area contributed by atoms with E-state index in [9.17, 15) is 4.79 Å². The zero-order valence-corrected chi connectivity index (χ0v) is 13.6. The van der Waals surface area contributed by atoms with Crippen LogP contribution in [-0.2, 0) is 17.8 Å². The van der Waals surface area contributed by atoms with Crippen LogP contribution in [0.5, 0.6) is 0 Å². The monoisotopic (exact) mass is 315 g/mol. The van der Waals surface area contributed by atoms with Gasteiger partial charge in [-0.05, 0) is 31.4 Å². The molecule has 2 heterocycles. The molecule has 1 saturated heterocycles. The van der Waals surface area contributed by atoms with Gasteiger partial charge in [-0.1, -0.05) is 30.3 Å². The Morgan fingerprint density at radius 1 is 1.41 bits per heavy atom. The fourth-order valence-electron chi connectivity index (χ4n) is 3.02. The van der Waals surface area contributed by atoms with E-state index in [4.69, 9.17) is 0 Å². The van der Waals surface area contributed by atoms with Crippen molar-refractivity contribution in [1.29, 1.82) is 0 Å². The summed E-state index contributed by atoms with van der Waals surface area (Å²) in [5, 5.41) is 5.49. The van der Waals surface area contributed by atoms with E-state index in [0.29, 0.717) is 11.2 Å². The summed E-state index contributed by atoms with van der Waals surface area (Å²) in [6, 6.07) is 11.3. The fraction of sp³-hybridized carbons (Fsp3) is 0.412. The molecule has 1 aromatic heterocycles. The van der Waals surface area contributed by atoms with Gasteiger partial charge in [0.25, 0.3) is 0 Å². The summed E-state index contributed by atoms with van der Waals surface area (Å²) in [5.41, 5.74) is 2.45. The molecule has 1 atom stereocenters. The smallest absolute Gasteiger partial charge is 0.223 e. The van der Waals surface area contributed by atoms with E-state index >= 15 is 0 Å². The van der Waals surface area contributed by atoms with Crippen molar-refractivity contribution < 1.29 is 4.79 Å². The summed E-state index contributed by atoms with van der Waals surface area (Å²) in [6.45, 7) is 3.51. The number of carbonyl (C=O) groups excluding carboxylic acids is 1. The van der Waals surface area contributed by atoms with Gasteiger partial charge in [-0.15, -0.1) is 11.3 Å². The molecule has 1 unspecified atom stereocenters. The van der Waals surface area contributed by atoms with Crippen LogP contribution in [0.4, 0.5) is 5.13 Å². The minimum Gasteiger partial charge on any atom is -0.302 e. The van der Waals surface area contributed by atoms with Crippen LogP contribution >= 0.6 is 11.3 Å². The van der Waals surface area contributed by atoms with Gasteiger partial charge in [-0.3, -0.25) is 9.69 Å². The number of nitrogens with zero attached hydrogens (tertiary/aromatic N) is 2. The zero-order chi connectivity index (χ0) is 15.4. The lowest BCUT2D eigenvalue weighted by Gasteiger charge is -2.23. The third-order valence-corrected chi connectivity index (χ3v) is 4.82. The maximum Gasteiger partial charge on any atom is 0.223 e. The molecule has 0 bridgehead atoms. The van der Waals surface area contributed by atoms with Crippen LogP contribution in [0.1, 0.15) is 31.0 Å². The van der Waals surface area contributed by atoms with Gasteiger partial charge in [0.1, 0.15) is 0 Å². The highest BCUT2D eigenvalue weighted by Gasteiger charge is 2.25. The van der Waals surface area contributed by atoms with Crippen molar-refractivity contribution in [3.63, 3.8) is 0 Å². The lowest BCUT2D eigenvalue weighted by atomic mass is 10.0. The lowest BCUT2D eigenvalue weighted by molar-refractivity contribution is -0.114. The topological polar surface area (TPSA) is 45.2 Å². The maximum atomic E-state index is 11.1. The third kappa shape index (κ3) is 3.93. The average Bonchev–Trinajstić information content (AvgIpc) is 3.10. The normalized spacial score (nSPS) is 18.5. The zero-order valence-electron chi connectivity index (χ0n) is 12.8. The summed E-state index contributed by atoms with van der Waals surface area (Å²) < 4.78 is 0. The van der Waals surface area contributed by atoms with E-state index in [1.807, 2.05) is 5.38 Å². The van der Waals surface area contributed by atoms with E-state index in [0.717, 1.165) is 25.2 Å². The van der Waals surface area contributed by atoms with Crippen molar-refractivity contribution in [2.24, 2.45) is 0 Å². The van der Waals surface area contributed by atoms with Gasteiger partial charge in [0.05, 0.1) is 5.69 Å². The number of benzene rings is 1. The van der Waals surface area contributed by atoms with Gasteiger partial charge in [0.2, 0.25) is 5.91 Å². The number of rotatable bonds is 5. The molecule has 2 aromatic rings. The largest absolute Gasteiger partial charge is 0.302 e. The molecular formula is C17H21N3OS. The Labute approximate surface area is 135 Å². The first-order chi connectivity index (χ1) is 10.7. The van der Waals surface area contributed by atoms with Crippen LogP contribution in [0.25, 0.3) is 0 Å². The van der Waals surface area contributed by atoms with Crippen molar-refractivity contribution in [1.82, 2.24) is 9.88 Å². The predicted octanol–water partition coefficient (Wildman–Crippen LogP) is 3.31. The lowest BCUT2D eigenvalue weighted by Crippen LogP contribution is -2.30. The number of amides is 1. The molecule has 0 spiro atoms. The summed E-state index contributed by atoms with van der Waals surface area (Å²) in [4.78, 5) is 18.1. The number of aromatic nitrogens is 1. The highest BCUT2D eigenvalue weighted by molar-refractivity contribution is 7.13. The first kappa shape index (κ1) is 15.2. The second kappa shape index (κ2) is 7.03. The quantitative estimate of drug-likeness (QED) is 0.920. The summed E-state index contributed by atoms with van der Waals surface area (Å²) >= 11 is 1.50. The number of anilines is 1. The van der Waals surface area contributed by atoms with Gasteiger partial charge >= 0.3 is 0 Å². The van der Waals surface area contributed by atoms with Crippen molar-refractivity contribution in [3.05, 3.63) is 47.0 Å². The molecule has 1 aromatic carbocycles. The Bertz CT molecular complexity index is 626. The first-order valence-corrected chi connectivity index (χ1v) is 8.58. The average molecular weight is 315 g/mol. The van der Waals surface area contributed by atoms with Crippen LogP contribution in [0.3, 0.4) is 0 Å². The molecule has 1 aliphatic rings. The van der Waals surface area contributed by atoms with Gasteiger partial charge in [-0.25, -0.2) is 4.98 Å². The van der Waals surface area contributed by atoms with Crippen molar-refractivity contribution >= 4 is 22.4 Å². The minimum atomic E-state index is -0.0657. The SMILES string of the molecule is CC(=O)Nc1nc(CN2CCCC2Cc2ccccc2)cs1. The summed E-state index contributed by atoms with van der Waals surface area (Å²) in [5.74, 6) is -0.0657. The molecule has 0 radical (unpaired) electrons. The van der Waals surface area contributed by atoms with E-state index < -0.39 is 0 Å². The standard InChI is InChI=1S/C17H21N3OS/c1-13(21)18-17-19-15(12-22-17)11-20-9-5-8-16(20)10-14-6-3-2-4-7-14/h2-4,6-7,12,16H,5,8-11H2,1H3,(H,18,19,21). The Morgan fingerprint density at radius 3 is 3.00 bits per heavy atom. The Hall–Kier alpha value is -1.72. The van der Waals surface area contributed by atoms with E-state index in [1.54, 1.807) is 0 Å². The molecule has 5 heteroatoms. The van der Waals surface area contributed by atoms with E-state index in [2.05, 4.69) is 45.5 Å². The first-order valence-electron chi connectivity index (χ1n) is 7.70. The van der Waals surface area contributed by atoms with Crippen LogP contribution in [0, 0.1) is 0 Å². The van der Waals surface area contributed by atoms with Crippen LogP contribution in [-0.4, -0.2) is 28.4 Å². The molecule has 116 valence electrons. The number of hydrogen-bond donors (Lipinski definition) is 1. The molecule has 1 fully saturated rings.